The number of hydrogen-bond acceptors (Lipinski definition) is 5. The molecule has 2 aromatic rings. The Kier molecular flexibility index (Phi) is 6.07. The van der Waals surface area contributed by atoms with Gasteiger partial charge in [0, 0.05) is 25.2 Å². The van der Waals surface area contributed by atoms with Crippen LogP contribution in [-0.2, 0) is 16.1 Å². The van der Waals surface area contributed by atoms with Crippen molar-refractivity contribution in [1.82, 2.24) is 10.2 Å². The number of likely N-dealkylation sites (tertiary alicyclic amines) is 1. The summed E-state index contributed by atoms with van der Waals surface area (Å²) in [4.78, 5) is 44.9. The van der Waals surface area contributed by atoms with Gasteiger partial charge in [-0.2, -0.15) is 0 Å². The Bertz CT molecular complexity index is 1030. The van der Waals surface area contributed by atoms with Gasteiger partial charge >= 0.3 is 0 Å². The van der Waals surface area contributed by atoms with Crippen LogP contribution in [0.5, 0.6) is 0 Å². The zero-order valence-corrected chi connectivity index (χ0v) is 18.8. The summed E-state index contributed by atoms with van der Waals surface area (Å²) in [7, 11) is 0. The van der Waals surface area contributed by atoms with Crippen molar-refractivity contribution in [3.05, 3.63) is 47.9 Å². The molecule has 0 unspecified atom stereocenters. The highest BCUT2D eigenvalue weighted by molar-refractivity contribution is 6.09. The smallest absolute Gasteiger partial charge is 0.253 e. The van der Waals surface area contributed by atoms with Crippen molar-refractivity contribution >= 4 is 29.1 Å². The third-order valence-corrected chi connectivity index (χ3v) is 6.86. The highest BCUT2D eigenvalue weighted by Crippen LogP contribution is 2.40. The molecular weight excluding hydrogens is 420 g/mol. The molecule has 2 fully saturated rings. The quantitative estimate of drug-likeness (QED) is 0.757. The van der Waals surface area contributed by atoms with Crippen LogP contribution in [0.4, 0.5) is 11.4 Å². The first-order valence-electron chi connectivity index (χ1n) is 11.9. The molecule has 3 aliphatic heterocycles. The molecule has 2 saturated heterocycles. The summed E-state index contributed by atoms with van der Waals surface area (Å²) < 4.78 is 5.28. The first-order chi connectivity index (χ1) is 16.1. The average Bonchev–Trinajstić information content (AvgIpc) is 3.39. The number of amides is 3. The Morgan fingerprint density at radius 3 is 2.61 bits per heavy atom. The summed E-state index contributed by atoms with van der Waals surface area (Å²) in [5.74, 6) is 0.315. The van der Waals surface area contributed by atoms with Gasteiger partial charge in [-0.25, -0.2) is 0 Å². The second-order valence-electron chi connectivity index (χ2n) is 9.04. The molecule has 0 spiro atoms. The van der Waals surface area contributed by atoms with Crippen molar-refractivity contribution < 1.29 is 18.8 Å². The lowest BCUT2D eigenvalue weighted by Gasteiger charge is -2.45. The molecule has 8 nitrogen and oxygen atoms in total. The summed E-state index contributed by atoms with van der Waals surface area (Å²) in [6.45, 7) is 2.52. The van der Waals surface area contributed by atoms with Crippen LogP contribution in [0, 0.1) is 0 Å². The molecule has 1 N–H and O–H groups in total. The summed E-state index contributed by atoms with van der Waals surface area (Å²) in [6.07, 6.45) is 7.55. The molecule has 0 saturated carbocycles. The van der Waals surface area contributed by atoms with E-state index >= 15 is 0 Å². The lowest BCUT2D eigenvalue weighted by molar-refractivity contribution is -0.125. The molecule has 0 bridgehead atoms. The minimum absolute atomic E-state index is 0.00654. The lowest BCUT2D eigenvalue weighted by Crippen LogP contribution is -2.57. The molecule has 0 radical (unpaired) electrons. The minimum atomic E-state index is -0.261. The van der Waals surface area contributed by atoms with Gasteiger partial charge in [0.15, 0.2) is 0 Å². The molecule has 4 heterocycles. The molecule has 33 heavy (non-hydrogen) atoms. The Hall–Kier alpha value is -3.29. The Labute approximate surface area is 193 Å². The molecule has 3 aliphatic rings. The molecule has 1 aromatic heterocycles. The largest absolute Gasteiger partial charge is 0.467 e. The predicted octanol–water partition coefficient (Wildman–Crippen LogP) is 2.93. The maximum Gasteiger partial charge on any atom is 0.253 e. The second-order valence-corrected chi connectivity index (χ2v) is 9.04. The van der Waals surface area contributed by atoms with E-state index < -0.39 is 0 Å². The number of rotatable bonds is 5. The van der Waals surface area contributed by atoms with E-state index in [0.717, 1.165) is 63.8 Å². The van der Waals surface area contributed by atoms with Crippen LogP contribution in [0.25, 0.3) is 0 Å². The zero-order chi connectivity index (χ0) is 22.8. The molecular formula is C25H30N4O4. The van der Waals surface area contributed by atoms with Gasteiger partial charge in [0.2, 0.25) is 11.8 Å². The van der Waals surface area contributed by atoms with Crippen LogP contribution in [0.3, 0.4) is 0 Å². The van der Waals surface area contributed by atoms with Gasteiger partial charge in [-0.1, -0.05) is 0 Å². The maximum absolute atomic E-state index is 13.5. The number of carbonyl (C=O) groups is 3. The Morgan fingerprint density at radius 1 is 1.00 bits per heavy atom. The molecule has 1 atom stereocenters. The van der Waals surface area contributed by atoms with E-state index in [4.69, 9.17) is 4.42 Å². The highest BCUT2D eigenvalue weighted by atomic mass is 16.3. The normalized spacial score (nSPS) is 20.3. The molecule has 1 aromatic carbocycles. The van der Waals surface area contributed by atoms with E-state index in [-0.39, 0.29) is 36.9 Å². The third-order valence-electron chi connectivity index (χ3n) is 6.86. The van der Waals surface area contributed by atoms with Gasteiger partial charge in [-0.05, 0) is 68.9 Å². The van der Waals surface area contributed by atoms with Crippen molar-refractivity contribution in [1.29, 1.82) is 0 Å². The van der Waals surface area contributed by atoms with Crippen molar-refractivity contribution in [2.45, 2.75) is 51.1 Å². The predicted molar refractivity (Wildman–Crippen MR) is 124 cm³/mol. The van der Waals surface area contributed by atoms with Crippen LogP contribution in [0.2, 0.25) is 0 Å². The molecule has 174 valence electrons. The number of nitrogens with one attached hydrogen (secondary N) is 1. The lowest BCUT2D eigenvalue weighted by atomic mass is 9.95. The monoisotopic (exact) mass is 450 g/mol. The number of benzene rings is 1. The summed E-state index contributed by atoms with van der Waals surface area (Å²) in [5, 5.41) is 2.83. The first-order valence-corrected chi connectivity index (χ1v) is 11.9. The van der Waals surface area contributed by atoms with E-state index in [1.165, 1.54) is 0 Å². The average molecular weight is 451 g/mol. The SMILES string of the molecule is O=C(CN1C(=O)[C@H]2CCCCN2c2ccc(C(=O)N3CCCCC3)cc21)NCc1ccco1. The number of piperidine rings is 2. The number of hydrogen-bond donors (Lipinski definition) is 1. The van der Waals surface area contributed by atoms with Crippen LogP contribution in [0.15, 0.2) is 41.0 Å². The van der Waals surface area contributed by atoms with Gasteiger partial charge in [0.1, 0.15) is 18.3 Å². The number of carbonyl (C=O) groups excluding carboxylic acids is 3. The third kappa shape index (κ3) is 4.34. The fraction of sp³-hybridized carbons (Fsp3) is 0.480. The van der Waals surface area contributed by atoms with Gasteiger partial charge < -0.3 is 19.5 Å². The second kappa shape index (κ2) is 9.29. The Morgan fingerprint density at radius 2 is 1.82 bits per heavy atom. The van der Waals surface area contributed by atoms with Gasteiger partial charge in [0.05, 0.1) is 24.2 Å². The topological polar surface area (TPSA) is 86.1 Å². The molecule has 0 aliphatic carbocycles. The van der Waals surface area contributed by atoms with E-state index in [1.807, 2.05) is 17.0 Å². The van der Waals surface area contributed by atoms with Gasteiger partial charge in [0.25, 0.3) is 5.91 Å². The molecule has 5 rings (SSSR count). The van der Waals surface area contributed by atoms with Crippen LogP contribution in [-0.4, -0.2) is 54.8 Å². The van der Waals surface area contributed by atoms with Crippen LogP contribution >= 0.6 is 0 Å². The van der Waals surface area contributed by atoms with Crippen LogP contribution < -0.4 is 15.1 Å². The zero-order valence-electron chi connectivity index (χ0n) is 18.8. The van der Waals surface area contributed by atoms with Crippen molar-refractivity contribution in [2.24, 2.45) is 0 Å². The number of furan rings is 1. The van der Waals surface area contributed by atoms with Gasteiger partial charge in [-0.15, -0.1) is 0 Å². The molecule has 8 heteroatoms. The molecule has 3 amide bonds. The first kappa shape index (κ1) is 21.6. The Balaban J connectivity index is 1.42. The van der Waals surface area contributed by atoms with Crippen LogP contribution in [0.1, 0.15) is 54.6 Å². The maximum atomic E-state index is 13.5. The van der Waals surface area contributed by atoms with Crippen molar-refractivity contribution in [3.8, 4) is 0 Å². The van der Waals surface area contributed by atoms with Crippen molar-refractivity contribution in [3.63, 3.8) is 0 Å². The number of anilines is 2. The highest BCUT2D eigenvalue weighted by Gasteiger charge is 2.40. The van der Waals surface area contributed by atoms with E-state index in [2.05, 4.69) is 10.2 Å². The van der Waals surface area contributed by atoms with Crippen molar-refractivity contribution in [2.75, 3.05) is 36.0 Å². The van der Waals surface area contributed by atoms with E-state index in [1.54, 1.807) is 29.4 Å². The van der Waals surface area contributed by atoms with Gasteiger partial charge in [-0.3, -0.25) is 19.3 Å². The van der Waals surface area contributed by atoms with E-state index in [9.17, 15) is 14.4 Å². The fourth-order valence-corrected chi connectivity index (χ4v) is 5.13. The fourth-order valence-electron chi connectivity index (χ4n) is 5.13. The summed E-state index contributed by atoms with van der Waals surface area (Å²) in [5.41, 5.74) is 2.14. The number of fused-ring (bicyclic) bond motifs is 3. The van der Waals surface area contributed by atoms with E-state index in [0.29, 0.717) is 17.0 Å². The summed E-state index contributed by atoms with van der Waals surface area (Å²) in [6, 6.07) is 8.92. The summed E-state index contributed by atoms with van der Waals surface area (Å²) >= 11 is 0. The standard InChI is InChI=1S/C25H30N4O4/c30-23(26-16-19-7-6-14-33-19)17-29-22-15-18(24(31)27-11-3-1-4-12-27)9-10-20(22)28-13-5-2-8-21(28)25(29)32/h6-7,9-10,14-15,21H,1-5,8,11-13,16-17H2,(H,26,30)/t21-/m1/s1. The number of nitrogens with zero attached hydrogens (tertiary/aromatic N) is 3. The minimum Gasteiger partial charge on any atom is -0.467 e.